The van der Waals surface area contributed by atoms with E-state index in [0.29, 0.717) is 12.2 Å². The molecule has 0 saturated heterocycles. The van der Waals surface area contributed by atoms with Crippen LogP contribution in [-0.4, -0.2) is 15.7 Å². The van der Waals surface area contributed by atoms with E-state index in [1.54, 1.807) is 12.1 Å². The highest BCUT2D eigenvalue weighted by Gasteiger charge is 2.13. The highest BCUT2D eigenvalue weighted by Crippen LogP contribution is 2.22. The van der Waals surface area contributed by atoms with Gasteiger partial charge in [0.25, 0.3) is 5.91 Å². The van der Waals surface area contributed by atoms with Gasteiger partial charge < -0.3 is 10.1 Å². The van der Waals surface area contributed by atoms with Gasteiger partial charge in [-0.3, -0.25) is 9.48 Å². The maximum absolute atomic E-state index is 12.5. The van der Waals surface area contributed by atoms with E-state index in [9.17, 15) is 4.79 Å². The second-order valence-electron chi connectivity index (χ2n) is 6.69. The number of hydrogen-bond acceptors (Lipinski definition) is 3. The molecule has 1 unspecified atom stereocenters. The summed E-state index contributed by atoms with van der Waals surface area (Å²) in [6.07, 6.45) is 1.91. The molecule has 1 N–H and O–H groups in total. The molecular weight excluding hydrogens is 374 g/mol. The molecule has 1 aromatic heterocycles. The van der Waals surface area contributed by atoms with Crippen LogP contribution in [0.1, 0.15) is 47.1 Å². The molecule has 0 bridgehead atoms. The van der Waals surface area contributed by atoms with E-state index in [1.807, 2.05) is 68.0 Å². The van der Waals surface area contributed by atoms with Gasteiger partial charge in [-0.1, -0.05) is 23.7 Å². The van der Waals surface area contributed by atoms with E-state index in [2.05, 4.69) is 10.4 Å². The van der Waals surface area contributed by atoms with Crippen molar-refractivity contribution >= 4 is 17.5 Å². The molecule has 1 amide bonds. The van der Waals surface area contributed by atoms with E-state index in [0.717, 1.165) is 34.1 Å². The van der Waals surface area contributed by atoms with Crippen LogP contribution in [0.15, 0.2) is 54.7 Å². The van der Waals surface area contributed by atoms with Gasteiger partial charge in [-0.05, 0) is 68.3 Å². The van der Waals surface area contributed by atoms with Gasteiger partial charge in [-0.25, -0.2) is 0 Å². The summed E-state index contributed by atoms with van der Waals surface area (Å²) in [6, 6.07) is 14.7. The number of aryl methyl sites for hydroxylation is 2. The summed E-state index contributed by atoms with van der Waals surface area (Å²) in [5.41, 5.74) is 3.41. The molecule has 0 aliphatic heterocycles. The number of benzene rings is 2. The van der Waals surface area contributed by atoms with Crippen LogP contribution in [0.25, 0.3) is 0 Å². The Morgan fingerprint density at radius 3 is 2.61 bits per heavy atom. The molecule has 0 aliphatic rings. The molecule has 0 saturated carbocycles. The summed E-state index contributed by atoms with van der Waals surface area (Å²) in [5.74, 6) is 0.642. The van der Waals surface area contributed by atoms with Crippen molar-refractivity contribution < 1.29 is 9.53 Å². The zero-order valence-corrected chi connectivity index (χ0v) is 17.0. The second kappa shape index (κ2) is 8.93. The number of aromatic nitrogens is 2. The minimum absolute atomic E-state index is 0.126. The van der Waals surface area contributed by atoms with Crippen LogP contribution in [0.5, 0.6) is 5.75 Å². The summed E-state index contributed by atoms with van der Waals surface area (Å²) in [4.78, 5) is 12.5. The Morgan fingerprint density at radius 2 is 1.96 bits per heavy atom. The molecule has 28 heavy (non-hydrogen) atoms. The second-order valence-corrected chi connectivity index (χ2v) is 7.10. The van der Waals surface area contributed by atoms with Crippen molar-refractivity contribution in [3.8, 4) is 5.75 Å². The Balaban J connectivity index is 1.56. The minimum atomic E-state index is -0.156. The lowest BCUT2D eigenvalue weighted by Crippen LogP contribution is -2.27. The standard InChI is InChI=1S/C22H24ClN3O2/c1-4-26-12-11-21(25-26)16(3)24-22(27)18-7-5-17(6-8-18)14-28-19-9-10-20(23)15(2)13-19/h5-13,16H,4,14H2,1-3H3,(H,24,27). The predicted molar refractivity (Wildman–Crippen MR) is 111 cm³/mol. The van der Waals surface area contributed by atoms with Gasteiger partial charge in [0.1, 0.15) is 12.4 Å². The van der Waals surface area contributed by atoms with Crippen molar-refractivity contribution in [3.05, 3.63) is 82.1 Å². The van der Waals surface area contributed by atoms with Crippen LogP contribution in [0, 0.1) is 6.92 Å². The number of carbonyl (C=O) groups is 1. The minimum Gasteiger partial charge on any atom is -0.489 e. The first-order chi connectivity index (χ1) is 13.5. The Morgan fingerprint density at radius 1 is 1.21 bits per heavy atom. The Hall–Kier alpha value is -2.79. The Labute approximate surface area is 170 Å². The van der Waals surface area contributed by atoms with E-state index in [-0.39, 0.29) is 11.9 Å². The molecule has 3 rings (SSSR count). The number of nitrogens with zero attached hydrogens (tertiary/aromatic N) is 2. The monoisotopic (exact) mass is 397 g/mol. The first-order valence-corrected chi connectivity index (χ1v) is 9.66. The van der Waals surface area contributed by atoms with Gasteiger partial charge in [0.2, 0.25) is 0 Å². The topological polar surface area (TPSA) is 56.2 Å². The molecule has 5 nitrogen and oxygen atoms in total. The average Bonchev–Trinajstić information content (AvgIpc) is 3.19. The van der Waals surface area contributed by atoms with Gasteiger partial charge >= 0.3 is 0 Å². The summed E-state index contributed by atoms with van der Waals surface area (Å²) in [6.45, 7) is 7.12. The zero-order chi connectivity index (χ0) is 20.1. The SMILES string of the molecule is CCn1ccc(C(C)NC(=O)c2ccc(COc3ccc(Cl)c(C)c3)cc2)n1. The van der Waals surface area contributed by atoms with Crippen molar-refractivity contribution in [1.29, 1.82) is 0 Å². The fourth-order valence-corrected chi connectivity index (χ4v) is 2.88. The van der Waals surface area contributed by atoms with Gasteiger partial charge in [0, 0.05) is 23.3 Å². The number of amides is 1. The Kier molecular flexibility index (Phi) is 6.37. The highest BCUT2D eigenvalue weighted by molar-refractivity contribution is 6.31. The molecule has 0 spiro atoms. The summed E-state index contributed by atoms with van der Waals surface area (Å²) >= 11 is 6.03. The van der Waals surface area contributed by atoms with Crippen LogP contribution in [0.4, 0.5) is 0 Å². The van der Waals surface area contributed by atoms with Crippen LogP contribution in [-0.2, 0) is 13.2 Å². The average molecular weight is 398 g/mol. The number of halogens is 1. The highest BCUT2D eigenvalue weighted by atomic mass is 35.5. The maximum Gasteiger partial charge on any atom is 0.251 e. The summed E-state index contributed by atoms with van der Waals surface area (Å²) < 4.78 is 7.64. The summed E-state index contributed by atoms with van der Waals surface area (Å²) in [7, 11) is 0. The molecule has 0 aliphatic carbocycles. The van der Waals surface area contributed by atoms with Crippen molar-refractivity contribution in [2.24, 2.45) is 0 Å². The molecule has 3 aromatic rings. The third kappa shape index (κ3) is 4.93. The smallest absolute Gasteiger partial charge is 0.251 e. The first kappa shape index (κ1) is 20.0. The third-order valence-electron chi connectivity index (χ3n) is 4.53. The predicted octanol–water partition coefficient (Wildman–Crippen LogP) is 4.93. The van der Waals surface area contributed by atoms with E-state index in [1.165, 1.54) is 0 Å². The van der Waals surface area contributed by atoms with Crippen molar-refractivity contribution in [2.75, 3.05) is 0 Å². The van der Waals surface area contributed by atoms with Crippen LogP contribution in [0.2, 0.25) is 5.02 Å². The van der Waals surface area contributed by atoms with Gasteiger partial charge in [-0.15, -0.1) is 0 Å². The largest absolute Gasteiger partial charge is 0.489 e. The van der Waals surface area contributed by atoms with Gasteiger partial charge in [0.05, 0.1) is 11.7 Å². The number of rotatable bonds is 7. The molecule has 2 aromatic carbocycles. The van der Waals surface area contributed by atoms with Gasteiger partial charge in [0.15, 0.2) is 0 Å². The molecule has 1 atom stereocenters. The quantitative estimate of drug-likeness (QED) is 0.614. The van der Waals surface area contributed by atoms with Crippen LogP contribution < -0.4 is 10.1 Å². The van der Waals surface area contributed by atoms with Crippen molar-refractivity contribution in [2.45, 2.75) is 40.0 Å². The first-order valence-electron chi connectivity index (χ1n) is 9.28. The number of carbonyl (C=O) groups excluding carboxylic acids is 1. The maximum atomic E-state index is 12.5. The number of nitrogens with one attached hydrogen (secondary N) is 1. The van der Waals surface area contributed by atoms with Crippen molar-refractivity contribution in [3.63, 3.8) is 0 Å². The van der Waals surface area contributed by atoms with E-state index >= 15 is 0 Å². The van der Waals surface area contributed by atoms with Gasteiger partial charge in [-0.2, -0.15) is 5.10 Å². The fraction of sp³-hybridized carbons (Fsp3) is 0.273. The lowest BCUT2D eigenvalue weighted by Gasteiger charge is -2.12. The lowest BCUT2D eigenvalue weighted by atomic mass is 10.1. The van der Waals surface area contributed by atoms with Crippen LogP contribution in [0.3, 0.4) is 0 Å². The summed E-state index contributed by atoms with van der Waals surface area (Å²) in [5, 5.41) is 8.13. The molecule has 0 radical (unpaired) electrons. The lowest BCUT2D eigenvalue weighted by molar-refractivity contribution is 0.0939. The van der Waals surface area contributed by atoms with E-state index in [4.69, 9.17) is 16.3 Å². The Bertz CT molecular complexity index is 951. The fourth-order valence-electron chi connectivity index (χ4n) is 2.76. The molecule has 0 fully saturated rings. The molecule has 1 heterocycles. The van der Waals surface area contributed by atoms with Crippen molar-refractivity contribution in [1.82, 2.24) is 15.1 Å². The number of hydrogen-bond donors (Lipinski definition) is 1. The van der Waals surface area contributed by atoms with Crippen LogP contribution >= 0.6 is 11.6 Å². The molecule has 146 valence electrons. The normalized spacial score (nSPS) is 11.9. The third-order valence-corrected chi connectivity index (χ3v) is 4.95. The number of ether oxygens (including phenoxy) is 1. The molecular formula is C22H24ClN3O2. The van der Waals surface area contributed by atoms with E-state index < -0.39 is 0 Å². The molecule has 6 heteroatoms. The zero-order valence-electron chi connectivity index (χ0n) is 16.3.